The number of aliphatic imine (C=N–C) groups is 2. The van der Waals surface area contributed by atoms with Crippen molar-refractivity contribution in [3.8, 4) is 0 Å². The first-order valence-corrected chi connectivity index (χ1v) is 25.6. The van der Waals surface area contributed by atoms with Crippen LogP contribution in [0.2, 0.25) is 0 Å². The van der Waals surface area contributed by atoms with E-state index >= 15 is 0 Å². The van der Waals surface area contributed by atoms with E-state index in [0.717, 1.165) is 39.6 Å². The molecule has 0 spiro atoms. The molecule has 0 aromatic rings. The summed E-state index contributed by atoms with van der Waals surface area (Å²) >= 11 is 16.9. The Hall–Kier alpha value is 1.37. The summed E-state index contributed by atoms with van der Waals surface area (Å²) in [5.74, 6) is 8.82. The fourth-order valence-corrected chi connectivity index (χ4v) is 10.2. The topological polar surface area (TPSA) is 170 Å². The number of hydrogen-bond donors (Lipinski definition) is 4. The van der Waals surface area contributed by atoms with Gasteiger partial charge in [-0.1, -0.05) is 11.8 Å². The zero-order chi connectivity index (χ0) is 33.4. The minimum Gasteiger partial charge on any atom is -0.438 e. The molecular weight excluding hydrogens is 817 g/mol. The molecule has 270 valence electrons. The Labute approximate surface area is 318 Å². The predicted octanol–water partition coefficient (Wildman–Crippen LogP) is 5.92. The molecule has 0 saturated carbocycles. The van der Waals surface area contributed by atoms with Crippen LogP contribution in [0.15, 0.2) is 9.98 Å². The van der Waals surface area contributed by atoms with Crippen molar-refractivity contribution in [3.05, 3.63) is 0 Å². The average molecular weight is 859 g/mol. The van der Waals surface area contributed by atoms with Gasteiger partial charge < -0.3 is 35.4 Å². The highest BCUT2D eigenvalue weighted by Gasteiger charge is 2.02. The van der Waals surface area contributed by atoms with Crippen LogP contribution in [0.3, 0.4) is 0 Å². The highest BCUT2D eigenvalue weighted by Crippen LogP contribution is 2.16. The van der Waals surface area contributed by atoms with Crippen LogP contribution < -0.4 is 10.6 Å². The SMILES string of the molecule is O=C(NCSCCSCN=COOCSCCSCSC(=O)NCSCCSCN=COOCSCSCO)OCSCSCO. The Bertz CT molecular complexity index is 745. The Morgan fingerprint density at radius 2 is 1.11 bits per heavy atom. The van der Waals surface area contributed by atoms with Crippen LogP contribution >= 0.6 is 129 Å². The number of thioether (sulfide) groups is 11. The number of carbonyl (C=O) groups excluding carboxylic acids is 2. The van der Waals surface area contributed by atoms with E-state index in [1.165, 1.54) is 71.6 Å². The lowest BCUT2D eigenvalue weighted by Gasteiger charge is -2.06. The molecule has 0 heterocycles. The summed E-state index contributed by atoms with van der Waals surface area (Å²) in [5, 5.41) is 25.0. The molecule has 0 fully saturated rings. The maximum absolute atomic E-state index is 11.9. The Balaban J connectivity index is 3.27. The highest BCUT2D eigenvalue weighted by atomic mass is 32.2. The number of ether oxygens (including phenoxy) is 1. The molecule has 0 aromatic heterocycles. The third-order valence-corrected chi connectivity index (χ3v) is 14.3. The second-order valence-electron chi connectivity index (χ2n) is 7.00. The van der Waals surface area contributed by atoms with E-state index in [9.17, 15) is 9.59 Å². The first kappa shape index (κ1) is 47.4. The van der Waals surface area contributed by atoms with E-state index in [4.69, 9.17) is 34.5 Å². The van der Waals surface area contributed by atoms with Crippen molar-refractivity contribution in [2.75, 3.05) is 103 Å². The third-order valence-electron chi connectivity index (χ3n) is 3.78. The molecule has 0 aliphatic heterocycles. The van der Waals surface area contributed by atoms with Gasteiger partial charge in [0.25, 0.3) is 5.24 Å². The average Bonchev–Trinajstić information content (AvgIpc) is 3.05. The van der Waals surface area contributed by atoms with Gasteiger partial charge in [0, 0.05) is 49.8 Å². The molecule has 0 atom stereocenters. The Morgan fingerprint density at radius 3 is 1.74 bits per heavy atom. The number of rotatable bonds is 35. The molecule has 24 heteroatoms. The van der Waals surface area contributed by atoms with E-state index in [1.54, 1.807) is 70.6 Å². The first-order valence-electron chi connectivity index (χ1n) is 13.0. The molecule has 0 aliphatic rings. The number of aliphatic hydroxyl groups is 2. The molecular formula is C22H42N4O9S11. The molecule has 0 rings (SSSR count). The molecule has 0 radical (unpaired) electrons. The summed E-state index contributed by atoms with van der Waals surface area (Å²) in [5.41, 5.74) is 0. The zero-order valence-corrected chi connectivity index (χ0v) is 34.0. The Morgan fingerprint density at radius 1 is 0.587 bits per heavy atom. The molecule has 2 amide bonds. The summed E-state index contributed by atoms with van der Waals surface area (Å²) < 4.78 is 4.99. The van der Waals surface area contributed by atoms with Gasteiger partial charge in [-0.3, -0.25) is 4.79 Å². The van der Waals surface area contributed by atoms with Gasteiger partial charge in [-0.2, -0.15) is 9.78 Å². The van der Waals surface area contributed by atoms with Gasteiger partial charge in [0.2, 0.25) is 12.8 Å². The van der Waals surface area contributed by atoms with E-state index < -0.39 is 6.09 Å². The summed E-state index contributed by atoms with van der Waals surface area (Å²) in [6.07, 6.45) is 2.14. The van der Waals surface area contributed by atoms with Crippen LogP contribution in [0.5, 0.6) is 0 Å². The fourth-order valence-electron chi connectivity index (χ4n) is 1.93. The van der Waals surface area contributed by atoms with Gasteiger partial charge >= 0.3 is 6.09 Å². The monoisotopic (exact) mass is 858 g/mol. The van der Waals surface area contributed by atoms with Crippen molar-refractivity contribution >= 4 is 154 Å². The van der Waals surface area contributed by atoms with Gasteiger partial charge in [0.15, 0.2) is 0 Å². The van der Waals surface area contributed by atoms with E-state index in [1.807, 2.05) is 0 Å². The van der Waals surface area contributed by atoms with Crippen LogP contribution in [0.25, 0.3) is 0 Å². The molecule has 0 bridgehead atoms. The molecule has 4 N–H and O–H groups in total. The minimum absolute atomic E-state index is 0.0154. The number of alkyl carbamates (subject to hydrolysis) is 1. The maximum atomic E-state index is 11.9. The minimum atomic E-state index is -0.438. The van der Waals surface area contributed by atoms with E-state index in [2.05, 4.69) is 20.6 Å². The molecule has 0 aliphatic carbocycles. The number of nitrogens with zero attached hydrogens (tertiary/aromatic N) is 2. The fraction of sp³-hybridized carbons (Fsp3) is 0.818. The second-order valence-corrected chi connectivity index (χ2v) is 19.3. The summed E-state index contributed by atoms with van der Waals surface area (Å²) in [7, 11) is 0. The number of hydrogen-bond acceptors (Lipinski definition) is 22. The van der Waals surface area contributed by atoms with Crippen LogP contribution in [-0.2, 0) is 24.3 Å². The van der Waals surface area contributed by atoms with Crippen molar-refractivity contribution in [1.29, 1.82) is 0 Å². The number of aliphatic hydroxyl groups excluding tert-OH is 2. The third kappa shape index (κ3) is 41.5. The largest absolute Gasteiger partial charge is 0.438 e. The lowest BCUT2D eigenvalue weighted by atomic mass is 11.0. The van der Waals surface area contributed by atoms with Crippen molar-refractivity contribution in [3.63, 3.8) is 0 Å². The van der Waals surface area contributed by atoms with Gasteiger partial charge in [-0.05, 0) is 0 Å². The number of amides is 2. The predicted molar refractivity (Wildman–Crippen MR) is 215 cm³/mol. The van der Waals surface area contributed by atoms with Crippen molar-refractivity contribution in [1.82, 2.24) is 10.6 Å². The lowest BCUT2D eigenvalue weighted by molar-refractivity contribution is -0.196. The quantitative estimate of drug-likeness (QED) is 0.0148. The van der Waals surface area contributed by atoms with Crippen molar-refractivity contribution in [2.24, 2.45) is 9.98 Å². The number of carbonyl (C=O) groups is 2. The molecule has 0 unspecified atom stereocenters. The van der Waals surface area contributed by atoms with Crippen LogP contribution in [0.1, 0.15) is 0 Å². The highest BCUT2D eigenvalue weighted by molar-refractivity contribution is 8.24. The first-order chi connectivity index (χ1) is 22.7. The van der Waals surface area contributed by atoms with Crippen molar-refractivity contribution in [2.45, 2.75) is 0 Å². The molecule has 0 aromatic carbocycles. The van der Waals surface area contributed by atoms with Crippen LogP contribution in [0, 0.1) is 0 Å². The molecule has 0 saturated heterocycles. The number of nitrogens with one attached hydrogen (secondary N) is 2. The molecule has 46 heavy (non-hydrogen) atoms. The lowest BCUT2D eigenvalue weighted by Crippen LogP contribution is -2.23. The summed E-state index contributed by atoms with van der Waals surface area (Å²) in [4.78, 5) is 51.2. The van der Waals surface area contributed by atoms with E-state index in [-0.39, 0.29) is 23.1 Å². The van der Waals surface area contributed by atoms with E-state index in [0.29, 0.717) is 45.6 Å². The van der Waals surface area contributed by atoms with Crippen LogP contribution in [0.4, 0.5) is 9.59 Å². The normalized spacial score (nSPS) is 11.3. The standard InChI is InChI=1S/C22H42N4O9S11/c27-13-42-18-44-15-31-21(29)25-11-38-3-1-36-9-23-7-32-34-16-40-5-6-41-20-46-22(30)26-12-39-4-2-37-10-24-8-33-35-17-45-19-43-14-28/h7-8,27-28H,1-6,9-20H2,(H,25,29)(H,26,30). The summed E-state index contributed by atoms with van der Waals surface area (Å²) in [6.45, 7) is 0. The van der Waals surface area contributed by atoms with Gasteiger partial charge in [-0.25, -0.2) is 14.8 Å². The summed E-state index contributed by atoms with van der Waals surface area (Å²) in [6, 6.07) is 0. The Kier molecular flexibility index (Phi) is 43.8. The maximum Gasteiger partial charge on any atom is 0.408 e. The van der Waals surface area contributed by atoms with Crippen molar-refractivity contribution < 1.29 is 44.1 Å². The zero-order valence-electron chi connectivity index (χ0n) is 25.0. The molecule has 13 nitrogen and oxygen atoms in total. The van der Waals surface area contributed by atoms with Gasteiger partial charge in [0.1, 0.15) is 17.8 Å². The second kappa shape index (κ2) is 42.5. The smallest absolute Gasteiger partial charge is 0.408 e. The van der Waals surface area contributed by atoms with Gasteiger partial charge in [0.05, 0.1) is 35.4 Å². The van der Waals surface area contributed by atoms with Crippen LogP contribution in [-0.4, -0.2) is 137 Å². The van der Waals surface area contributed by atoms with Gasteiger partial charge in [-0.15, -0.1) is 118 Å².